The van der Waals surface area contributed by atoms with Gasteiger partial charge in [0.2, 0.25) is 0 Å². The molecule has 2 rings (SSSR count). The Balaban J connectivity index is 1.65. The molecule has 0 aromatic carbocycles. The van der Waals surface area contributed by atoms with Crippen LogP contribution in [0.3, 0.4) is 0 Å². The van der Waals surface area contributed by atoms with Crippen LogP contribution in [0.1, 0.15) is 51.9 Å². The Morgan fingerprint density at radius 1 is 1.32 bits per heavy atom. The van der Waals surface area contributed by atoms with Crippen molar-refractivity contribution in [2.75, 3.05) is 20.1 Å². The van der Waals surface area contributed by atoms with Gasteiger partial charge in [-0.3, -0.25) is 4.79 Å². The Morgan fingerprint density at radius 2 is 2.00 bits per heavy atom. The molecule has 4 nitrogen and oxygen atoms in total. The zero-order chi connectivity index (χ0) is 13.9. The van der Waals surface area contributed by atoms with Crippen molar-refractivity contribution in [3.05, 3.63) is 0 Å². The number of aliphatic carboxylic acids is 1. The molecule has 0 aromatic heterocycles. The summed E-state index contributed by atoms with van der Waals surface area (Å²) in [4.78, 5) is 13.8. The molecule has 2 N–H and O–H groups in total. The summed E-state index contributed by atoms with van der Waals surface area (Å²) in [5.41, 5.74) is -0.763. The van der Waals surface area contributed by atoms with Crippen LogP contribution < -0.4 is 5.32 Å². The van der Waals surface area contributed by atoms with Crippen LogP contribution in [-0.2, 0) is 4.79 Å². The fourth-order valence-electron chi connectivity index (χ4n) is 2.63. The van der Waals surface area contributed by atoms with Crippen LogP contribution in [-0.4, -0.2) is 47.7 Å². The van der Waals surface area contributed by atoms with Gasteiger partial charge < -0.3 is 15.3 Å². The molecular weight excluding hydrogens is 240 g/mol. The smallest absolute Gasteiger partial charge is 0.323 e. The zero-order valence-electron chi connectivity index (χ0n) is 12.3. The number of nitrogens with one attached hydrogen (secondary N) is 1. The van der Waals surface area contributed by atoms with E-state index in [-0.39, 0.29) is 0 Å². The molecule has 0 spiro atoms. The summed E-state index contributed by atoms with van der Waals surface area (Å²) in [5, 5.41) is 12.1. The highest BCUT2D eigenvalue weighted by atomic mass is 16.4. The fraction of sp³-hybridized carbons (Fsp3) is 0.933. The summed E-state index contributed by atoms with van der Waals surface area (Å²) in [5.74, 6) is 0.217. The maximum Gasteiger partial charge on any atom is 0.323 e. The van der Waals surface area contributed by atoms with Crippen molar-refractivity contribution in [1.82, 2.24) is 10.2 Å². The second-order valence-corrected chi connectivity index (χ2v) is 6.51. The Labute approximate surface area is 116 Å². The van der Waals surface area contributed by atoms with E-state index in [4.69, 9.17) is 0 Å². The second kappa shape index (κ2) is 6.23. The Morgan fingerprint density at radius 3 is 2.47 bits per heavy atom. The van der Waals surface area contributed by atoms with E-state index in [1.807, 2.05) is 0 Å². The quantitative estimate of drug-likeness (QED) is 0.596. The summed E-state index contributed by atoms with van der Waals surface area (Å²) in [7, 11) is 1.73. The zero-order valence-corrected chi connectivity index (χ0v) is 12.3. The van der Waals surface area contributed by atoms with Crippen molar-refractivity contribution in [1.29, 1.82) is 0 Å². The van der Waals surface area contributed by atoms with Crippen molar-refractivity contribution in [3.63, 3.8) is 0 Å². The number of carboxylic acid groups (broad SMARTS) is 1. The highest BCUT2D eigenvalue weighted by Gasteiger charge is 2.34. The van der Waals surface area contributed by atoms with Crippen molar-refractivity contribution >= 4 is 5.97 Å². The third kappa shape index (κ3) is 4.46. The topological polar surface area (TPSA) is 52.6 Å². The number of hydrogen-bond donors (Lipinski definition) is 2. The first-order chi connectivity index (χ1) is 9.05. The molecule has 2 aliphatic carbocycles. The van der Waals surface area contributed by atoms with Gasteiger partial charge in [-0.05, 0) is 71.4 Å². The molecular formula is C15H28N2O2. The molecule has 1 unspecified atom stereocenters. The minimum Gasteiger partial charge on any atom is -0.480 e. The van der Waals surface area contributed by atoms with Crippen LogP contribution in [0.4, 0.5) is 0 Å². The molecule has 0 saturated heterocycles. The molecule has 110 valence electrons. The number of unbranched alkanes of at least 4 members (excludes halogenated alkanes) is 1. The molecule has 0 radical (unpaired) electrons. The van der Waals surface area contributed by atoms with E-state index < -0.39 is 11.5 Å². The summed E-state index contributed by atoms with van der Waals surface area (Å²) < 4.78 is 0. The summed E-state index contributed by atoms with van der Waals surface area (Å²) >= 11 is 0. The second-order valence-electron chi connectivity index (χ2n) is 6.51. The molecule has 0 amide bonds. The maximum atomic E-state index is 11.2. The van der Waals surface area contributed by atoms with Crippen LogP contribution in [0.2, 0.25) is 0 Å². The van der Waals surface area contributed by atoms with E-state index >= 15 is 0 Å². The van der Waals surface area contributed by atoms with E-state index in [0.717, 1.165) is 31.3 Å². The van der Waals surface area contributed by atoms with Gasteiger partial charge in [-0.2, -0.15) is 0 Å². The summed E-state index contributed by atoms with van der Waals surface area (Å²) in [6.45, 7) is 4.21. The number of carboxylic acids is 1. The Hall–Kier alpha value is -0.610. The maximum absolute atomic E-state index is 11.2. The van der Waals surface area contributed by atoms with Gasteiger partial charge in [0.1, 0.15) is 5.54 Å². The molecule has 2 aliphatic rings. The minimum absolute atomic E-state index is 0.709. The first-order valence-electron chi connectivity index (χ1n) is 7.71. The summed E-state index contributed by atoms with van der Waals surface area (Å²) in [6, 6.07) is 0.843. The average Bonchev–Trinajstić information content (AvgIpc) is 3.25. The van der Waals surface area contributed by atoms with E-state index in [9.17, 15) is 9.90 Å². The largest absolute Gasteiger partial charge is 0.480 e. The number of hydrogen-bond acceptors (Lipinski definition) is 3. The average molecular weight is 268 g/mol. The van der Waals surface area contributed by atoms with E-state index in [2.05, 4.69) is 10.2 Å². The van der Waals surface area contributed by atoms with Gasteiger partial charge in [0.15, 0.2) is 0 Å². The predicted molar refractivity (Wildman–Crippen MR) is 76.3 cm³/mol. The van der Waals surface area contributed by atoms with E-state index in [1.54, 1.807) is 14.0 Å². The van der Waals surface area contributed by atoms with Crippen molar-refractivity contribution < 1.29 is 9.90 Å². The lowest BCUT2D eigenvalue weighted by atomic mass is 9.95. The number of carbonyl (C=O) groups is 1. The Bertz CT molecular complexity index is 313. The third-order valence-electron chi connectivity index (χ3n) is 4.65. The van der Waals surface area contributed by atoms with E-state index in [1.165, 1.54) is 32.2 Å². The molecule has 19 heavy (non-hydrogen) atoms. The SMILES string of the molecule is CNC(C)(CCCCN(CC1CC1)C1CC1)C(=O)O. The van der Waals surface area contributed by atoms with Gasteiger partial charge in [-0.1, -0.05) is 0 Å². The van der Waals surface area contributed by atoms with Gasteiger partial charge in [-0.15, -0.1) is 0 Å². The van der Waals surface area contributed by atoms with Crippen molar-refractivity contribution in [2.24, 2.45) is 5.92 Å². The number of rotatable bonds is 10. The monoisotopic (exact) mass is 268 g/mol. The number of nitrogens with zero attached hydrogens (tertiary/aromatic N) is 1. The molecule has 0 heterocycles. The molecule has 2 fully saturated rings. The van der Waals surface area contributed by atoms with Gasteiger partial charge >= 0.3 is 5.97 Å². The minimum atomic E-state index is -0.763. The molecule has 2 saturated carbocycles. The first kappa shape index (κ1) is 14.8. The normalized spacial score (nSPS) is 22.5. The van der Waals surface area contributed by atoms with Crippen LogP contribution in [0, 0.1) is 5.92 Å². The standard InChI is InChI=1S/C15H28N2O2/c1-15(16-2,14(18)19)9-3-4-10-17(13-7-8-13)11-12-5-6-12/h12-13,16H,3-11H2,1-2H3,(H,18,19). The molecule has 0 aliphatic heterocycles. The molecule has 0 aromatic rings. The van der Waals surface area contributed by atoms with Gasteiger partial charge in [0.25, 0.3) is 0 Å². The van der Waals surface area contributed by atoms with Crippen molar-refractivity contribution in [2.45, 2.75) is 63.5 Å². The van der Waals surface area contributed by atoms with Gasteiger partial charge in [-0.25, -0.2) is 0 Å². The molecule has 4 heteroatoms. The van der Waals surface area contributed by atoms with Gasteiger partial charge in [0.05, 0.1) is 0 Å². The van der Waals surface area contributed by atoms with Crippen molar-refractivity contribution in [3.8, 4) is 0 Å². The highest BCUT2D eigenvalue weighted by molar-refractivity contribution is 5.78. The fourth-order valence-corrected chi connectivity index (χ4v) is 2.63. The Kier molecular flexibility index (Phi) is 4.85. The first-order valence-corrected chi connectivity index (χ1v) is 7.71. The van der Waals surface area contributed by atoms with Crippen LogP contribution in [0.25, 0.3) is 0 Å². The lowest BCUT2D eigenvalue weighted by Crippen LogP contribution is -2.47. The molecule has 1 atom stereocenters. The van der Waals surface area contributed by atoms with Crippen LogP contribution >= 0.6 is 0 Å². The van der Waals surface area contributed by atoms with E-state index in [0.29, 0.717) is 6.42 Å². The van der Waals surface area contributed by atoms with Gasteiger partial charge in [0, 0.05) is 12.6 Å². The highest BCUT2D eigenvalue weighted by Crippen LogP contribution is 2.35. The lowest BCUT2D eigenvalue weighted by molar-refractivity contribution is -0.144. The lowest BCUT2D eigenvalue weighted by Gasteiger charge is -2.25. The predicted octanol–water partition coefficient (Wildman–Crippen LogP) is 2.09. The third-order valence-corrected chi connectivity index (χ3v) is 4.65. The summed E-state index contributed by atoms with van der Waals surface area (Å²) in [6.07, 6.45) is 8.39. The number of likely N-dealkylation sites (N-methyl/N-ethyl adjacent to an activating group) is 1. The van der Waals surface area contributed by atoms with Crippen LogP contribution in [0.5, 0.6) is 0 Å². The van der Waals surface area contributed by atoms with Crippen LogP contribution in [0.15, 0.2) is 0 Å². The molecule has 0 bridgehead atoms.